The van der Waals surface area contributed by atoms with Crippen LogP contribution >= 0.6 is 0 Å². The maximum Gasteiger partial charge on any atom is 0.303 e. The molecule has 21 heavy (non-hydrogen) atoms. The molecule has 0 bridgehead atoms. The normalized spacial score (nSPS) is 16.6. The molecule has 0 saturated heterocycles. The van der Waals surface area contributed by atoms with Gasteiger partial charge in [0.15, 0.2) is 0 Å². The van der Waals surface area contributed by atoms with Crippen molar-refractivity contribution in [1.82, 2.24) is 0 Å². The number of phenols is 1. The molecule has 0 spiro atoms. The summed E-state index contributed by atoms with van der Waals surface area (Å²) in [6.45, 7) is 0. The molecule has 5 nitrogen and oxygen atoms in total. The fourth-order valence-corrected chi connectivity index (χ4v) is 3.15. The fraction of sp³-hybridized carbons (Fsp3) is 0.500. The van der Waals surface area contributed by atoms with E-state index in [1.807, 2.05) is 0 Å². The zero-order valence-corrected chi connectivity index (χ0v) is 12.2. The van der Waals surface area contributed by atoms with E-state index >= 15 is 0 Å². The first-order chi connectivity index (χ1) is 9.92. The molecule has 1 aromatic carbocycles. The van der Waals surface area contributed by atoms with Gasteiger partial charge in [-0.3, -0.25) is 9.59 Å². The minimum atomic E-state index is -0.843. The lowest BCUT2D eigenvalue weighted by Crippen LogP contribution is -2.33. The van der Waals surface area contributed by atoms with Crippen LogP contribution in [0.4, 0.5) is 5.69 Å². The predicted octanol–water partition coefficient (Wildman–Crippen LogP) is 2.78. The summed E-state index contributed by atoms with van der Waals surface area (Å²) >= 11 is 0. The lowest BCUT2D eigenvalue weighted by atomic mass is 9.79. The average molecular weight is 291 g/mol. The second-order valence-corrected chi connectivity index (χ2v) is 5.93. The van der Waals surface area contributed by atoms with E-state index in [-0.39, 0.29) is 24.5 Å². The molecule has 2 N–H and O–H groups in total. The molecule has 5 heteroatoms. The minimum Gasteiger partial charge on any atom is -0.508 e. The monoisotopic (exact) mass is 291 g/mol. The van der Waals surface area contributed by atoms with E-state index in [1.54, 1.807) is 25.2 Å². The average Bonchev–Trinajstić information content (AvgIpc) is 2.85. The van der Waals surface area contributed by atoms with Gasteiger partial charge in [-0.15, -0.1) is 0 Å². The Morgan fingerprint density at radius 1 is 1.24 bits per heavy atom. The summed E-state index contributed by atoms with van der Waals surface area (Å²) in [4.78, 5) is 25.0. The molecule has 2 rings (SSSR count). The van der Waals surface area contributed by atoms with Crippen LogP contribution < -0.4 is 4.90 Å². The van der Waals surface area contributed by atoms with E-state index < -0.39 is 11.4 Å². The number of carboxylic acid groups (broad SMARTS) is 1. The van der Waals surface area contributed by atoms with Gasteiger partial charge in [0.25, 0.3) is 0 Å². The first kappa shape index (κ1) is 15.4. The van der Waals surface area contributed by atoms with Crippen molar-refractivity contribution in [2.75, 3.05) is 11.9 Å². The molecule has 0 heterocycles. The van der Waals surface area contributed by atoms with E-state index in [2.05, 4.69) is 0 Å². The third-order valence-electron chi connectivity index (χ3n) is 4.31. The summed E-state index contributed by atoms with van der Waals surface area (Å²) in [6.07, 6.45) is 3.84. The van der Waals surface area contributed by atoms with Crippen molar-refractivity contribution in [1.29, 1.82) is 0 Å². The Labute approximate surface area is 124 Å². The highest BCUT2D eigenvalue weighted by atomic mass is 16.4. The zero-order chi connectivity index (χ0) is 15.5. The van der Waals surface area contributed by atoms with Gasteiger partial charge in [0, 0.05) is 25.2 Å². The van der Waals surface area contributed by atoms with Crippen LogP contribution in [0.3, 0.4) is 0 Å². The largest absolute Gasteiger partial charge is 0.508 e. The number of rotatable bonds is 5. The van der Waals surface area contributed by atoms with Gasteiger partial charge in [0.05, 0.1) is 6.42 Å². The summed E-state index contributed by atoms with van der Waals surface area (Å²) < 4.78 is 0. The van der Waals surface area contributed by atoms with Crippen LogP contribution in [-0.4, -0.2) is 29.1 Å². The van der Waals surface area contributed by atoms with Crippen LogP contribution in [0.5, 0.6) is 5.75 Å². The van der Waals surface area contributed by atoms with Crippen molar-refractivity contribution in [3.8, 4) is 5.75 Å². The van der Waals surface area contributed by atoms with E-state index in [0.29, 0.717) is 5.69 Å². The molecule has 114 valence electrons. The molecule has 1 aliphatic carbocycles. The van der Waals surface area contributed by atoms with Gasteiger partial charge in [-0.2, -0.15) is 0 Å². The number of benzene rings is 1. The number of aliphatic carboxylic acids is 1. The minimum absolute atomic E-state index is 0.0482. The molecule has 0 atom stereocenters. The summed E-state index contributed by atoms with van der Waals surface area (Å²) in [5.74, 6) is -0.846. The molecule has 0 aliphatic heterocycles. The Balaban J connectivity index is 2.10. The van der Waals surface area contributed by atoms with E-state index in [0.717, 1.165) is 25.7 Å². The number of hydrogen-bond acceptors (Lipinski definition) is 3. The van der Waals surface area contributed by atoms with Crippen molar-refractivity contribution in [3.63, 3.8) is 0 Å². The molecular formula is C16H21NO4. The third kappa shape index (κ3) is 3.74. The molecule has 1 aromatic rings. The maximum absolute atomic E-state index is 12.4. The maximum atomic E-state index is 12.4. The summed E-state index contributed by atoms with van der Waals surface area (Å²) in [5, 5.41) is 18.6. The van der Waals surface area contributed by atoms with Crippen molar-refractivity contribution < 1.29 is 19.8 Å². The third-order valence-corrected chi connectivity index (χ3v) is 4.31. The SMILES string of the molecule is CN(C(=O)CC1(CC(=O)O)CCCC1)c1cccc(O)c1. The van der Waals surface area contributed by atoms with Crippen LogP contribution in [0.2, 0.25) is 0 Å². The molecule has 0 aromatic heterocycles. The number of phenolic OH excluding ortho intramolecular Hbond substituents is 1. The number of anilines is 1. The van der Waals surface area contributed by atoms with Gasteiger partial charge in [0.2, 0.25) is 5.91 Å². The highest BCUT2D eigenvalue weighted by molar-refractivity contribution is 5.93. The second kappa shape index (κ2) is 6.16. The lowest BCUT2D eigenvalue weighted by Gasteiger charge is -2.29. The first-order valence-corrected chi connectivity index (χ1v) is 7.19. The Kier molecular flexibility index (Phi) is 4.50. The Hall–Kier alpha value is -2.04. The van der Waals surface area contributed by atoms with E-state index in [9.17, 15) is 14.7 Å². The van der Waals surface area contributed by atoms with Crippen LogP contribution in [0.1, 0.15) is 38.5 Å². The molecular weight excluding hydrogens is 270 g/mol. The molecule has 1 aliphatic rings. The molecule has 1 amide bonds. The smallest absolute Gasteiger partial charge is 0.303 e. The number of amides is 1. The number of carbonyl (C=O) groups is 2. The number of aromatic hydroxyl groups is 1. The topological polar surface area (TPSA) is 77.8 Å². The van der Waals surface area contributed by atoms with E-state index in [4.69, 9.17) is 5.11 Å². The number of carboxylic acids is 1. The molecule has 0 radical (unpaired) electrons. The van der Waals surface area contributed by atoms with Gasteiger partial charge in [-0.1, -0.05) is 18.9 Å². The quantitative estimate of drug-likeness (QED) is 0.874. The Morgan fingerprint density at radius 2 is 1.90 bits per heavy atom. The highest BCUT2D eigenvalue weighted by Gasteiger charge is 2.38. The van der Waals surface area contributed by atoms with Crippen molar-refractivity contribution in [2.45, 2.75) is 38.5 Å². The Bertz CT molecular complexity index is 535. The van der Waals surface area contributed by atoms with Gasteiger partial charge < -0.3 is 15.1 Å². The standard InChI is InChI=1S/C16H21NO4/c1-17(12-5-4-6-13(18)9-12)14(19)10-16(11-15(20)21)7-2-3-8-16/h4-6,9,18H,2-3,7-8,10-11H2,1H3,(H,20,21). The molecule has 1 fully saturated rings. The number of carbonyl (C=O) groups excluding carboxylic acids is 1. The molecule has 1 saturated carbocycles. The van der Waals surface area contributed by atoms with Crippen molar-refractivity contribution in [3.05, 3.63) is 24.3 Å². The second-order valence-electron chi connectivity index (χ2n) is 5.93. The molecule has 0 unspecified atom stereocenters. The Morgan fingerprint density at radius 3 is 2.48 bits per heavy atom. The summed E-state index contributed by atoms with van der Waals surface area (Å²) in [6, 6.07) is 6.49. The summed E-state index contributed by atoms with van der Waals surface area (Å²) in [5.41, 5.74) is 0.206. The zero-order valence-electron chi connectivity index (χ0n) is 12.2. The van der Waals surface area contributed by atoms with Crippen molar-refractivity contribution >= 4 is 17.6 Å². The summed E-state index contributed by atoms with van der Waals surface area (Å²) in [7, 11) is 1.65. The van der Waals surface area contributed by atoms with Gasteiger partial charge >= 0.3 is 5.97 Å². The predicted molar refractivity (Wildman–Crippen MR) is 79.3 cm³/mol. The number of hydrogen-bond donors (Lipinski definition) is 2. The number of nitrogens with zero attached hydrogens (tertiary/aromatic N) is 1. The van der Waals surface area contributed by atoms with Crippen molar-refractivity contribution in [2.24, 2.45) is 5.41 Å². The van der Waals surface area contributed by atoms with Crippen LogP contribution in [-0.2, 0) is 9.59 Å². The fourth-order valence-electron chi connectivity index (χ4n) is 3.15. The van der Waals surface area contributed by atoms with Gasteiger partial charge in [-0.05, 0) is 30.4 Å². The van der Waals surface area contributed by atoms with Gasteiger partial charge in [-0.25, -0.2) is 0 Å². The first-order valence-electron chi connectivity index (χ1n) is 7.19. The van der Waals surface area contributed by atoms with Crippen LogP contribution in [0, 0.1) is 5.41 Å². The lowest BCUT2D eigenvalue weighted by molar-refractivity contribution is -0.140. The highest BCUT2D eigenvalue weighted by Crippen LogP contribution is 2.44. The van der Waals surface area contributed by atoms with Crippen LogP contribution in [0.25, 0.3) is 0 Å². The van der Waals surface area contributed by atoms with Gasteiger partial charge in [0.1, 0.15) is 5.75 Å². The van der Waals surface area contributed by atoms with E-state index in [1.165, 1.54) is 11.0 Å². The van der Waals surface area contributed by atoms with Crippen LogP contribution in [0.15, 0.2) is 24.3 Å².